The first kappa shape index (κ1) is 19.2. The Bertz CT molecular complexity index is 629. The number of hydrogen-bond donors (Lipinski definition) is 2. The molecule has 7 heteroatoms. The van der Waals surface area contributed by atoms with Gasteiger partial charge in [0.25, 0.3) is 0 Å². The number of aryl methyl sites for hydroxylation is 1. The van der Waals surface area contributed by atoms with Gasteiger partial charge in [-0.05, 0) is 26.0 Å². The number of nitrogens with zero attached hydrogens (tertiary/aromatic N) is 2. The average Bonchev–Trinajstić information content (AvgIpc) is 2.80. The van der Waals surface area contributed by atoms with Crippen molar-refractivity contribution in [2.45, 2.75) is 13.8 Å². The van der Waals surface area contributed by atoms with Crippen LogP contribution in [0.2, 0.25) is 0 Å². The topological polar surface area (TPSA) is 68.2 Å². The van der Waals surface area contributed by atoms with Crippen molar-refractivity contribution in [2.24, 2.45) is 0 Å². The van der Waals surface area contributed by atoms with Gasteiger partial charge in [0.1, 0.15) is 0 Å². The zero-order valence-electron chi connectivity index (χ0n) is 13.6. The van der Waals surface area contributed by atoms with Crippen LogP contribution in [0.3, 0.4) is 0 Å². The second kappa shape index (κ2) is 9.29. The molecule has 1 heterocycles. The van der Waals surface area contributed by atoms with E-state index in [0.29, 0.717) is 13.2 Å². The lowest BCUT2D eigenvalue weighted by molar-refractivity contribution is -0.115. The number of carbonyl (C=O) groups is 1. The molecule has 126 valence electrons. The molecule has 0 saturated carbocycles. The molecule has 23 heavy (non-hydrogen) atoms. The zero-order chi connectivity index (χ0) is 15.9. The maximum Gasteiger partial charge on any atom is 0.238 e. The van der Waals surface area contributed by atoms with Gasteiger partial charge in [0.2, 0.25) is 5.91 Å². The molecule has 0 aliphatic heterocycles. The highest BCUT2D eigenvalue weighted by atomic mass is 35.5. The van der Waals surface area contributed by atoms with E-state index in [1.165, 1.54) is 0 Å². The predicted octanol–water partition coefficient (Wildman–Crippen LogP) is 2.09. The third kappa shape index (κ3) is 5.06. The lowest BCUT2D eigenvalue weighted by Crippen LogP contribution is -2.30. The van der Waals surface area contributed by atoms with Crippen LogP contribution in [0.25, 0.3) is 5.69 Å². The number of hydrogen-bond acceptors (Lipinski definition) is 4. The van der Waals surface area contributed by atoms with Crippen LogP contribution in [-0.2, 0) is 9.53 Å². The Morgan fingerprint density at radius 1 is 1.26 bits per heavy atom. The average molecular weight is 339 g/mol. The molecular formula is C16H23ClN4O2. The molecule has 0 atom stereocenters. The molecule has 1 aromatic heterocycles. The van der Waals surface area contributed by atoms with E-state index in [1.807, 2.05) is 48.9 Å². The molecule has 0 unspecified atom stereocenters. The predicted molar refractivity (Wildman–Crippen MR) is 93.7 cm³/mol. The number of para-hydroxylation sites is 1. The van der Waals surface area contributed by atoms with Gasteiger partial charge in [-0.25, -0.2) is 4.68 Å². The smallest absolute Gasteiger partial charge is 0.238 e. The highest BCUT2D eigenvalue weighted by molar-refractivity contribution is 5.93. The summed E-state index contributed by atoms with van der Waals surface area (Å²) in [7, 11) is 1.63. The van der Waals surface area contributed by atoms with Crippen molar-refractivity contribution in [1.29, 1.82) is 0 Å². The number of ether oxygens (including phenoxy) is 1. The van der Waals surface area contributed by atoms with E-state index in [2.05, 4.69) is 15.7 Å². The fraction of sp³-hybridized carbons (Fsp3) is 0.375. The van der Waals surface area contributed by atoms with E-state index in [1.54, 1.807) is 7.11 Å². The first-order valence-corrected chi connectivity index (χ1v) is 7.24. The summed E-state index contributed by atoms with van der Waals surface area (Å²) in [6.07, 6.45) is 0. The summed E-state index contributed by atoms with van der Waals surface area (Å²) in [5, 5.41) is 10.4. The second-order valence-corrected chi connectivity index (χ2v) is 5.01. The van der Waals surface area contributed by atoms with Crippen LogP contribution in [0.5, 0.6) is 0 Å². The van der Waals surface area contributed by atoms with Crippen LogP contribution in [0.15, 0.2) is 30.3 Å². The van der Waals surface area contributed by atoms with E-state index in [9.17, 15) is 4.79 Å². The number of anilines is 1. The minimum absolute atomic E-state index is 0. The monoisotopic (exact) mass is 338 g/mol. The third-order valence-electron chi connectivity index (χ3n) is 3.33. The largest absolute Gasteiger partial charge is 0.383 e. The van der Waals surface area contributed by atoms with Crippen molar-refractivity contribution in [1.82, 2.24) is 15.1 Å². The number of amides is 1. The van der Waals surface area contributed by atoms with Crippen molar-refractivity contribution in [3.05, 3.63) is 41.7 Å². The molecule has 1 aromatic carbocycles. The normalized spacial score (nSPS) is 10.2. The van der Waals surface area contributed by atoms with E-state index in [4.69, 9.17) is 4.74 Å². The van der Waals surface area contributed by atoms with Gasteiger partial charge in [0, 0.05) is 13.7 Å². The molecule has 0 radical (unpaired) electrons. The van der Waals surface area contributed by atoms with Gasteiger partial charge in [-0.1, -0.05) is 18.2 Å². The summed E-state index contributed by atoms with van der Waals surface area (Å²) in [5.74, 6) is -0.0880. The van der Waals surface area contributed by atoms with Crippen molar-refractivity contribution >= 4 is 24.0 Å². The van der Waals surface area contributed by atoms with Crippen molar-refractivity contribution < 1.29 is 9.53 Å². The number of halogens is 1. The van der Waals surface area contributed by atoms with E-state index < -0.39 is 0 Å². The van der Waals surface area contributed by atoms with E-state index in [-0.39, 0.29) is 24.9 Å². The molecule has 0 fully saturated rings. The Labute approximate surface area is 142 Å². The molecule has 1 amide bonds. The Morgan fingerprint density at radius 3 is 2.61 bits per heavy atom. The number of rotatable bonds is 7. The lowest BCUT2D eigenvalue weighted by atomic mass is 10.3. The molecule has 0 aliphatic carbocycles. The molecule has 0 saturated heterocycles. The van der Waals surface area contributed by atoms with Crippen molar-refractivity contribution in [2.75, 3.05) is 32.1 Å². The first-order valence-electron chi connectivity index (χ1n) is 7.24. The fourth-order valence-electron chi connectivity index (χ4n) is 2.20. The van der Waals surface area contributed by atoms with Gasteiger partial charge in [0.15, 0.2) is 0 Å². The fourth-order valence-corrected chi connectivity index (χ4v) is 2.20. The van der Waals surface area contributed by atoms with Crippen LogP contribution in [0.1, 0.15) is 11.4 Å². The van der Waals surface area contributed by atoms with Gasteiger partial charge in [0.05, 0.1) is 35.9 Å². The highest BCUT2D eigenvalue weighted by Crippen LogP contribution is 2.22. The van der Waals surface area contributed by atoms with Crippen LogP contribution in [0, 0.1) is 13.8 Å². The van der Waals surface area contributed by atoms with Crippen molar-refractivity contribution in [3.63, 3.8) is 0 Å². The number of methoxy groups -OCH3 is 1. The van der Waals surface area contributed by atoms with E-state index >= 15 is 0 Å². The minimum Gasteiger partial charge on any atom is -0.383 e. The van der Waals surface area contributed by atoms with Gasteiger partial charge >= 0.3 is 0 Å². The molecule has 6 nitrogen and oxygen atoms in total. The molecular weight excluding hydrogens is 316 g/mol. The summed E-state index contributed by atoms with van der Waals surface area (Å²) < 4.78 is 6.76. The van der Waals surface area contributed by atoms with E-state index in [0.717, 1.165) is 22.8 Å². The number of nitrogens with one attached hydrogen (secondary N) is 2. The lowest BCUT2D eigenvalue weighted by Gasteiger charge is -2.08. The Morgan fingerprint density at radius 2 is 1.96 bits per heavy atom. The quantitative estimate of drug-likeness (QED) is 0.758. The van der Waals surface area contributed by atoms with Crippen LogP contribution < -0.4 is 10.6 Å². The van der Waals surface area contributed by atoms with Crippen LogP contribution in [-0.4, -0.2) is 42.5 Å². The number of benzene rings is 1. The maximum atomic E-state index is 12.0. The highest BCUT2D eigenvalue weighted by Gasteiger charge is 2.14. The molecule has 0 spiro atoms. The zero-order valence-corrected chi connectivity index (χ0v) is 14.4. The van der Waals surface area contributed by atoms with Gasteiger partial charge in [-0.2, -0.15) is 5.10 Å². The maximum absolute atomic E-state index is 12.0. The molecule has 0 aliphatic rings. The summed E-state index contributed by atoms with van der Waals surface area (Å²) in [5.41, 5.74) is 3.45. The molecule has 2 aromatic rings. The Hall–Kier alpha value is -1.89. The molecule has 2 rings (SSSR count). The van der Waals surface area contributed by atoms with Gasteiger partial charge in [-0.3, -0.25) is 4.79 Å². The van der Waals surface area contributed by atoms with Crippen molar-refractivity contribution in [3.8, 4) is 5.69 Å². The second-order valence-electron chi connectivity index (χ2n) is 5.01. The third-order valence-corrected chi connectivity index (χ3v) is 3.33. The number of carbonyl (C=O) groups excluding carboxylic acids is 1. The molecule has 0 bridgehead atoms. The number of aromatic nitrogens is 2. The minimum atomic E-state index is -0.0880. The molecule has 2 N–H and O–H groups in total. The summed E-state index contributed by atoms with van der Waals surface area (Å²) in [4.78, 5) is 12.0. The van der Waals surface area contributed by atoms with Crippen LogP contribution >= 0.6 is 12.4 Å². The Kier molecular flexibility index (Phi) is 7.74. The van der Waals surface area contributed by atoms with Gasteiger partial charge in [-0.15, -0.1) is 12.4 Å². The standard InChI is InChI=1S/C16H22N4O2.ClH/c1-12-16(18-15(21)11-17-9-10-22-3)13(2)20(19-12)14-7-5-4-6-8-14;/h4-8,17H,9-11H2,1-3H3,(H,18,21);1H. The SMILES string of the molecule is COCCNCC(=O)Nc1c(C)nn(-c2ccccc2)c1C.Cl. The first-order chi connectivity index (χ1) is 10.6. The van der Waals surface area contributed by atoms with Crippen LogP contribution in [0.4, 0.5) is 5.69 Å². The summed E-state index contributed by atoms with van der Waals surface area (Å²) in [6, 6.07) is 9.85. The summed E-state index contributed by atoms with van der Waals surface area (Å²) >= 11 is 0. The van der Waals surface area contributed by atoms with Gasteiger partial charge < -0.3 is 15.4 Å². The Balaban J connectivity index is 0.00000264. The summed E-state index contributed by atoms with van der Waals surface area (Å²) in [6.45, 7) is 5.31.